The molecule has 1 aromatic heterocycles. The number of esters is 1. The fourth-order valence-electron chi connectivity index (χ4n) is 4.00. The van der Waals surface area contributed by atoms with Crippen molar-refractivity contribution in [2.45, 2.75) is 31.9 Å². The van der Waals surface area contributed by atoms with E-state index in [0.29, 0.717) is 11.1 Å². The van der Waals surface area contributed by atoms with Gasteiger partial charge in [-0.05, 0) is 26.0 Å². The molecule has 0 unspecified atom stereocenters. The van der Waals surface area contributed by atoms with Gasteiger partial charge < -0.3 is 29.4 Å². The summed E-state index contributed by atoms with van der Waals surface area (Å²) in [6, 6.07) is 8.01. The number of rotatable bonds is 10. The van der Waals surface area contributed by atoms with Gasteiger partial charge >= 0.3 is 5.97 Å². The average Bonchev–Trinajstić information content (AvgIpc) is 2.90. The van der Waals surface area contributed by atoms with E-state index < -0.39 is 47.3 Å². The average molecular weight is 531 g/mol. The highest BCUT2D eigenvalue weighted by atomic mass is 19.1. The van der Waals surface area contributed by atoms with E-state index in [0.717, 1.165) is 0 Å². The van der Waals surface area contributed by atoms with Crippen LogP contribution in [0.1, 0.15) is 41.4 Å². The van der Waals surface area contributed by atoms with Gasteiger partial charge in [-0.3, -0.25) is 4.79 Å². The molecule has 9 nitrogen and oxygen atoms in total. The summed E-state index contributed by atoms with van der Waals surface area (Å²) in [5.74, 6) is -3.54. The van der Waals surface area contributed by atoms with E-state index in [1.165, 1.54) is 76.9 Å². The SMILES string of the molecule is COc1cc(F)ccc1C(c1ccc(F)cc1OC)[C@H](C)OC(=O)[C@H](C)NC(=O)c1nccc(OC)c1O. The Kier molecular flexibility index (Phi) is 9.06. The van der Waals surface area contributed by atoms with Crippen molar-refractivity contribution in [3.05, 3.63) is 77.1 Å². The summed E-state index contributed by atoms with van der Waals surface area (Å²) in [5.41, 5.74) is 0.588. The van der Waals surface area contributed by atoms with Crippen LogP contribution in [0.2, 0.25) is 0 Å². The molecule has 0 bridgehead atoms. The van der Waals surface area contributed by atoms with E-state index in [1.807, 2.05) is 0 Å². The number of benzene rings is 2. The first-order valence-electron chi connectivity index (χ1n) is 11.5. The number of amides is 1. The van der Waals surface area contributed by atoms with Crippen molar-refractivity contribution in [2.75, 3.05) is 21.3 Å². The summed E-state index contributed by atoms with van der Waals surface area (Å²) in [4.78, 5) is 29.5. The maximum atomic E-state index is 13.9. The number of methoxy groups -OCH3 is 3. The van der Waals surface area contributed by atoms with Gasteiger partial charge in [-0.25, -0.2) is 18.6 Å². The van der Waals surface area contributed by atoms with Crippen LogP contribution in [0.5, 0.6) is 23.0 Å². The van der Waals surface area contributed by atoms with E-state index in [1.54, 1.807) is 6.92 Å². The quantitative estimate of drug-likeness (QED) is 0.379. The molecule has 1 heterocycles. The van der Waals surface area contributed by atoms with E-state index in [4.69, 9.17) is 18.9 Å². The number of pyridine rings is 1. The number of ether oxygens (including phenoxy) is 4. The molecule has 11 heteroatoms. The molecule has 0 aliphatic carbocycles. The van der Waals surface area contributed by atoms with Crippen LogP contribution >= 0.6 is 0 Å². The number of halogens is 2. The van der Waals surface area contributed by atoms with Crippen molar-refractivity contribution in [1.82, 2.24) is 10.3 Å². The first-order valence-corrected chi connectivity index (χ1v) is 11.5. The highest BCUT2D eigenvalue weighted by Crippen LogP contribution is 2.40. The topological polar surface area (TPSA) is 116 Å². The van der Waals surface area contributed by atoms with Gasteiger partial charge in [0, 0.05) is 35.5 Å². The zero-order valence-corrected chi connectivity index (χ0v) is 21.5. The fourth-order valence-corrected chi connectivity index (χ4v) is 4.00. The Bertz CT molecular complexity index is 1270. The second-order valence-electron chi connectivity index (χ2n) is 8.30. The lowest BCUT2D eigenvalue weighted by Crippen LogP contribution is -2.41. The van der Waals surface area contributed by atoms with E-state index in [2.05, 4.69) is 10.3 Å². The first kappa shape index (κ1) is 28.2. The number of carbonyl (C=O) groups excluding carboxylic acids is 2. The number of carbonyl (C=O) groups is 2. The van der Waals surface area contributed by atoms with Crippen LogP contribution in [0.15, 0.2) is 48.7 Å². The van der Waals surface area contributed by atoms with Crippen LogP contribution < -0.4 is 19.5 Å². The number of hydrogen-bond acceptors (Lipinski definition) is 8. The third kappa shape index (κ3) is 6.10. The minimum atomic E-state index is -1.15. The molecular formula is C27H28F2N2O7. The predicted octanol–water partition coefficient (Wildman–Crippen LogP) is 3.97. The summed E-state index contributed by atoms with van der Waals surface area (Å²) in [6.07, 6.45) is 0.360. The van der Waals surface area contributed by atoms with Crippen LogP contribution in [0, 0.1) is 11.6 Å². The molecule has 3 rings (SSSR count). The Hall–Kier alpha value is -4.41. The second kappa shape index (κ2) is 12.2. The number of nitrogens with one attached hydrogen (secondary N) is 1. The van der Waals surface area contributed by atoms with Crippen LogP contribution in [0.3, 0.4) is 0 Å². The van der Waals surface area contributed by atoms with Crippen molar-refractivity contribution in [2.24, 2.45) is 0 Å². The van der Waals surface area contributed by atoms with Crippen LogP contribution in [-0.4, -0.2) is 55.4 Å². The molecule has 1 amide bonds. The second-order valence-corrected chi connectivity index (χ2v) is 8.30. The lowest BCUT2D eigenvalue weighted by Gasteiger charge is -2.28. The molecule has 0 fully saturated rings. The highest BCUT2D eigenvalue weighted by Gasteiger charge is 2.32. The van der Waals surface area contributed by atoms with E-state index in [9.17, 15) is 23.5 Å². The van der Waals surface area contributed by atoms with Crippen LogP contribution in [0.4, 0.5) is 8.78 Å². The number of aromatic nitrogens is 1. The van der Waals surface area contributed by atoms with Crippen LogP contribution in [-0.2, 0) is 9.53 Å². The molecule has 0 spiro atoms. The summed E-state index contributed by atoms with van der Waals surface area (Å²) < 4.78 is 49.3. The van der Waals surface area contributed by atoms with Gasteiger partial charge in [-0.15, -0.1) is 0 Å². The molecular weight excluding hydrogens is 502 g/mol. The zero-order valence-electron chi connectivity index (χ0n) is 21.5. The highest BCUT2D eigenvalue weighted by molar-refractivity contribution is 5.97. The summed E-state index contributed by atoms with van der Waals surface area (Å²) >= 11 is 0. The minimum Gasteiger partial charge on any atom is -0.503 e. The van der Waals surface area contributed by atoms with Gasteiger partial charge in [0.1, 0.15) is 35.3 Å². The molecule has 2 aromatic carbocycles. The van der Waals surface area contributed by atoms with Crippen molar-refractivity contribution >= 4 is 11.9 Å². The van der Waals surface area contributed by atoms with Gasteiger partial charge in [0.2, 0.25) is 0 Å². The number of nitrogens with zero attached hydrogens (tertiary/aromatic N) is 1. The first-order chi connectivity index (χ1) is 18.1. The molecule has 202 valence electrons. The molecule has 38 heavy (non-hydrogen) atoms. The smallest absolute Gasteiger partial charge is 0.328 e. The molecule has 2 atom stereocenters. The van der Waals surface area contributed by atoms with Gasteiger partial charge in [-0.2, -0.15) is 0 Å². The van der Waals surface area contributed by atoms with Gasteiger partial charge in [0.05, 0.1) is 27.2 Å². The monoisotopic (exact) mass is 530 g/mol. The number of aromatic hydroxyl groups is 1. The Morgan fingerprint density at radius 3 is 1.89 bits per heavy atom. The normalized spacial score (nSPS) is 12.4. The summed E-state index contributed by atoms with van der Waals surface area (Å²) in [6.45, 7) is 2.99. The van der Waals surface area contributed by atoms with Gasteiger partial charge in [0.25, 0.3) is 5.91 Å². The van der Waals surface area contributed by atoms with Crippen molar-refractivity contribution in [3.8, 4) is 23.0 Å². The van der Waals surface area contributed by atoms with Crippen molar-refractivity contribution < 1.29 is 42.4 Å². The molecule has 0 saturated heterocycles. The standard InChI is InChI=1S/C27H28F2N2O7/c1-14(31-26(33)24-25(32)20(35-3)10-11-30-24)27(34)38-15(2)23(18-8-6-16(28)12-21(18)36-4)19-9-7-17(29)13-22(19)37-5/h6-15,23,32H,1-5H3,(H,31,33)/t14-,15-/m0/s1. The minimum absolute atomic E-state index is 0.0401. The molecule has 0 aliphatic heterocycles. The van der Waals surface area contributed by atoms with Gasteiger partial charge in [0.15, 0.2) is 17.2 Å². The molecule has 3 aromatic rings. The Morgan fingerprint density at radius 2 is 1.39 bits per heavy atom. The lowest BCUT2D eigenvalue weighted by molar-refractivity contribution is -0.150. The zero-order chi connectivity index (χ0) is 28.0. The van der Waals surface area contributed by atoms with Crippen LogP contribution in [0.25, 0.3) is 0 Å². The fraction of sp³-hybridized carbons (Fsp3) is 0.296. The van der Waals surface area contributed by atoms with Crippen molar-refractivity contribution in [1.29, 1.82) is 0 Å². The Labute approximate surface area is 218 Å². The predicted molar refractivity (Wildman–Crippen MR) is 133 cm³/mol. The Morgan fingerprint density at radius 1 is 0.868 bits per heavy atom. The molecule has 0 saturated carbocycles. The van der Waals surface area contributed by atoms with E-state index >= 15 is 0 Å². The summed E-state index contributed by atoms with van der Waals surface area (Å²) in [5, 5.41) is 12.6. The maximum Gasteiger partial charge on any atom is 0.328 e. The molecule has 0 aliphatic rings. The summed E-state index contributed by atoms with van der Waals surface area (Å²) in [7, 11) is 4.06. The van der Waals surface area contributed by atoms with E-state index in [-0.39, 0.29) is 22.9 Å². The molecule has 2 N–H and O–H groups in total. The third-order valence-electron chi connectivity index (χ3n) is 5.86. The number of hydrogen-bond donors (Lipinski definition) is 2. The Balaban J connectivity index is 1.89. The molecule has 0 radical (unpaired) electrons. The van der Waals surface area contributed by atoms with Gasteiger partial charge in [-0.1, -0.05) is 12.1 Å². The third-order valence-corrected chi connectivity index (χ3v) is 5.86. The lowest BCUT2D eigenvalue weighted by atomic mass is 9.85. The van der Waals surface area contributed by atoms with Crippen molar-refractivity contribution in [3.63, 3.8) is 0 Å². The largest absolute Gasteiger partial charge is 0.503 e. The maximum absolute atomic E-state index is 13.9.